The summed E-state index contributed by atoms with van der Waals surface area (Å²) in [6.07, 6.45) is 3.11. The number of nitrogens with zero attached hydrogens (tertiary/aromatic N) is 5. The van der Waals surface area contributed by atoms with Gasteiger partial charge in [-0.25, -0.2) is 9.97 Å². The van der Waals surface area contributed by atoms with Crippen molar-refractivity contribution in [1.29, 1.82) is 0 Å². The van der Waals surface area contributed by atoms with Crippen LogP contribution in [0.2, 0.25) is 0 Å². The number of carbonyl (C=O) groups excluding carboxylic acids is 1. The number of hydrogen-bond acceptors (Lipinski definition) is 7. The zero-order valence-electron chi connectivity index (χ0n) is 17.1. The van der Waals surface area contributed by atoms with Crippen LogP contribution >= 0.6 is 0 Å². The minimum absolute atomic E-state index is 0. The first-order chi connectivity index (χ1) is 13.4. The Labute approximate surface area is 168 Å². The van der Waals surface area contributed by atoms with Crippen LogP contribution < -0.4 is 10.6 Å². The molecule has 0 saturated carbocycles. The van der Waals surface area contributed by atoms with Crippen molar-refractivity contribution < 1.29 is 7.65 Å². The van der Waals surface area contributed by atoms with Gasteiger partial charge in [0.25, 0.3) is 5.91 Å². The van der Waals surface area contributed by atoms with Crippen molar-refractivity contribution in [2.24, 2.45) is 0 Å². The largest absolute Gasteiger partial charge is 0.354 e. The van der Waals surface area contributed by atoms with Crippen molar-refractivity contribution in [3.63, 3.8) is 0 Å². The van der Waals surface area contributed by atoms with Gasteiger partial charge in [0.15, 0.2) is 17.3 Å². The van der Waals surface area contributed by atoms with E-state index in [2.05, 4.69) is 48.8 Å². The van der Waals surface area contributed by atoms with Gasteiger partial charge in [0.05, 0.1) is 0 Å². The van der Waals surface area contributed by atoms with Gasteiger partial charge in [-0.05, 0) is 43.5 Å². The van der Waals surface area contributed by atoms with Crippen LogP contribution in [0.3, 0.4) is 0 Å². The summed E-state index contributed by atoms with van der Waals surface area (Å²) >= 11 is 0. The van der Waals surface area contributed by atoms with Gasteiger partial charge in [0, 0.05) is 34.8 Å². The Morgan fingerprint density at radius 2 is 2.00 bits per heavy atom. The van der Waals surface area contributed by atoms with Crippen LogP contribution in [-0.2, 0) is 0 Å². The number of anilines is 2. The molecule has 2 aromatic heterocycles. The first-order valence-electron chi connectivity index (χ1n) is 9.47. The quantitative estimate of drug-likeness (QED) is 0.817. The Balaban J connectivity index is 0.00000225. The maximum absolute atomic E-state index is 12.0. The summed E-state index contributed by atoms with van der Waals surface area (Å²) in [5.74, 6) is 1.86. The molecule has 152 valence electrons. The Morgan fingerprint density at radius 3 is 2.64 bits per heavy atom. The molecule has 0 spiro atoms. The van der Waals surface area contributed by atoms with E-state index in [1.807, 2.05) is 32.9 Å². The molecule has 0 bridgehead atoms. The Kier molecular flexibility index (Phi) is 5.99. The summed E-state index contributed by atoms with van der Waals surface area (Å²) in [4.78, 5) is 23.6. The number of carbonyl (C=O) groups is 1. The number of aromatic nitrogens is 4. The average molecular weight is 386 g/mol. The molecule has 0 aromatic carbocycles. The van der Waals surface area contributed by atoms with Crippen molar-refractivity contribution >= 4 is 23.1 Å². The van der Waals surface area contributed by atoms with E-state index < -0.39 is 0 Å². The van der Waals surface area contributed by atoms with E-state index in [1.165, 1.54) is 0 Å². The van der Waals surface area contributed by atoms with Gasteiger partial charge in [-0.2, -0.15) is 0 Å². The number of nitrogens with one attached hydrogen (secondary N) is 2. The SMILES string of the molecule is CNC(=O)c1nnc(Nc2cc(C)nc(C3=CCN(C)CC3)n2)cc1C(C)C.[HH].[HH]. The van der Waals surface area contributed by atoms with E-state index in [0.717, 1.165) is 42.2 Å². The first-order valence-corrected chi connectivity index (χ1v) is 9.47. The van der Waals surface area contributed by atoms with Gasteiger partial charge in [-0.3, -0.25) is 4.79 Å². The van der Waals surface area contributed by atoms with Crippen LogP contribution in [0, 0.1) is 6.92 Å². The molecule has 8 nitrogen and oxygen atoms in total. The molecule has 3 heterocycles. The molecule has 2 N–H and O–H groups in total. The summed E-state index contributed by atoms with van der Waals surface area (Å²) in [6, 6.07) is 3.73. The molecule has 8 heteroatoms. The maximum Gasteiger partial charge on any atom is 0.271 e. The second kappa shape index (κ2) is 8.43. The third-order valence-corrected chi connectivity index (χ3v) is 4.70. The lowest BCUT2D eigenvalue weighted by Gasteiger charge is -2.21. The molecule has 1 amide bonds. The van der Waals surface area contributed by atoms with Crippen LogP contribution in [0.1, 0.15) is 56.6 Å². The highest BCUT2D eigenvalue weighted by atomic mass is 16.1. The molecule has 0 unspecified atom stereocenters. The Hall–Kier alpha value is -2.87. The van der Waals surface area contributed by atoms with Crippen molar-refractivity contribution in [2.45, 2.75) is 33.1 Å². The molecule has 1 aliphatic heterocycles. The van der Waals surface area contributed by atoms with E-state index in [1.54, 1.807) is 7.05 Å². The predicted molar refractivity (Wildman–Crippen MR) is 114 cm³/mol. The molecule has 0 fully saturated rings. The van der Waals surface area contributed by atoms with E-state index in [4.69, 9.17) is 0 Å². The highest BCUT2D eigenvalue weighted by Gasteiger charge is 2.17. The lowest BCUT2D eigenvalue weighted by atomic mass is 10.0. The van der Waals surface area contributed by atoms with Gasteiger partial charge in [-0.15, -0.1) is 10.2 Å². The highest BCUT2D eigenvalue weighted by molar-refractivity contribution is 5.93. The standard InChI is InChI=1S/C20H27N7O.2H2/c1-12(2)15-11-17(25-26-18(15)20(28)21-4)23-16-10-13(3)22-19(24-16)14-6-8-27(5)9-7-14;;/h6,10-12H,7-9H2,1-5H3,(H,21,28)(H,22,23,24,25);2*1H. The lowest BCUT2D eigenvalue weighted by molar-refractivity contribution is 0.0955. The smallest absolute Gasteiger partial charge is 0.271 e. The highest BCUT2D eigenvalue weighted by Crippen LogP contribution is 2.24. The molecule has 0 saturated heterocycles. The fourth-order valence-corrected chi connectivity index (χ4v) is 3.08. The van der Waals surface area contributed by atoms with Crippen LogP contribution in [0.25, 0.3) is 5.57 Å². The lowest BCUT2D eigenvalue weighted by Crippen LogP contribution is -2.24. The van der Waals surface area contributed by atoms with E-state index in [9.17, 15) is 4.79 Å². The molecular weight excluding hydrogens is 354 g/mol. The van der Waals surface area contributed by atoms with E-state index >= 15 is 0 Å². The minimum Gasteiger partial charge on any atom is -0.354 e. The number of rotatable bonds is 5. The molecule has 0 aliphatic carbocycles. The summed E-state index contributed by atoms with van der Waals surface area (Å²) in [5, 5.41) is 14.1. The molecule has 0 atom stereocenters. The molecular formula is C20H31N7O. The maximum atomic E-state index is 12.0. The molecule has 28 heavy (non-hydrogen) atoms. The fourth-order valence-electron chi connectivity index (χ4n) is 3.08. The summed E-state index contributed by atoms with van der Waals surface area (Å²) in [7, 11) is 3.69. The third kappa shape index (κ3) is 4.51. The van der Waals surface area contributed by atoms with Crippen LogP contribution in [0.15, 0.2) is 18.2 Å². The predicted octanol–water partition coefficient (Wildman–Crippen LogP) is 3.01. The number of hydrogen-bond donors (Lipinski definition) is 2. The zero-order valence-corrected chi connectivity index (χ0v) is 17.1. The van der Waals surface area contributed by atoms with Crippen molar-refractivity contribution in [3.05, 3.63) is 41.0 Å². The monoisotopic (exact) mass is 385 g/mol. The molecule has 1 aliphatic rings. The Bertz CT molecular complexity index is 918. The number of amides is 1. The number of aryl methyl sites for hydroxylation is 1. The van der Waals surface area contributed by atoms with Gasteiger partial charge >= 0.3 is 0 Å². The van der Waals surface area contributed by atoms with Gasteiger partial charge in [-0.1, -0.05) is 19.9 Å². The average Bonchev–Trinajstić information content (AvgIpc) is 2.67. The summed E-state index contributed by atoms with van der Waals surface area (Å²) in [5.41, 5.74) is 3.22. The van der Waals surface area contributed by atoms with E-state index in [0.29, 0.717) is 17.3 Å². The third-order valence-electron chi connectivity index (χ3n) is 4.70. The topological polar surface area (TPSA) is 95.9 Å². The van der Waals surface area contributed by atoms with Gasteiger partial charge in [0.2, 0.25) is 0 Å². The van der Waals surface area contributed by atoms with Crippen LogP contribution in [-0.4, -0.2) is 58.2 Å². The molecule has 2 aromatic rings. The van der Waals surface area contributed by atoms with Crippen LogP contribution in [0.5, 0.6) is 0 Å². The second-order valence-electron chi connectivity index (χ2n) is 7.35. The fraction of sp³-hybridized carbons (Fsp3) is 0.450. The normalized spacial score (nSPS) is 14.7. The Morgan fingerprint density at radius 1 is 1.21 bits per heavy atom. The van der Waals surface area contributed by atoms with Crippen molar-refractivity contribution in [3.8, 4) is 0 Å². The van der Waals surface area contributed by atoms with Crippen molar-refractivity contribution in [1.82, 2.24) is 30.4 Å². The van der Waals surface area contributed by atoms with Crippen molar-refractivity contribution in [2.75, 3.05) is 32.5 Å². The van der Waals surface area contributed by atoms with Crippen LogP contribution in [0.4, 0.5) is 11.6 Å². The molecule has 3 rings (SSSR count). The van der Waals surface area contributed by atoms with Gasteiger partial charge < -0.3 is 15.5 Å². The second-order valence-corrected chi connectivity index (χ2v) is 7.35. The van der Waals surface area contributed by atoms with E-state index in [-0.39, 0.29) is 14.7 Å². The first kappa shape index (κ1) is 19.9. The summed E-state index contributed by atoms with van der Waals surface area (Å²) in [6.45, 7) is 7.89. The molecule has 0 radical (unpaired) electrons. The van der Waals surface area contributed by atoms with Gasteiger partial charge in [0.1, 0.15) is 5.82 Å². The summed E-state index contributed by atoms with van der Waals surface area (Å²) < 4.78 is 0. The zero-order chi connectivity index (χ0) is 20.3. The number of likely N-dealkylation sites (N-methyl/N-ethyl adjacent to an activating group) is 1. The minimum atomic E-state index is -0.239.